The molecule has 4 aromatic rings. The van der Waals surface area contributed by atoms with Gasteiger partial charge in [-0.25, -0.2) is 0 Å². The Morgan fingerprint density at radius 1 is 1.07 bits per heavy atom. The minimum atomic E-state index is -0.476. The third-order valence-electron chi connectivity index (χ3n) is 4.91. The highest BCUT2D eigenvalue weighted by Crippen LogP contribution is 2.36. The molecule has 0 atom stereocenters. The average Bonchev–Trinajstić information content (AvgIpc) is 3.10. The van der Waals surface area contributed by atoms with Crippen molar-refractivity contribution in [1.29, 1.82) is 0 Å². The Kier molecular flexibility index (Phi) is 4.97. The molecule has 3 aromatic carbocycles. The number of furan rings is 1. The van der Waals surface area contributed by atoms with E-state index in [1.54, 1.807) is 26.2 Å². The van der Waals surface area contributed by atoms with Crippen LogP contribution in [0, 0.1) is 17.0 Å². The molecule has 2 N–H and O–H groups in total. The molecule has 4 rings (SSSR count). The summed E-state index contributed by atoms with van der Waals surface area (Å²) < 4.78 is 11.4. The van der Waals surface area contributed by atoms with Gasteiger partial charge in [0.05, 0.1) is 35.5 Å². The van der Waals surface area contributed by atoms with Crippen molar-refractivity contribution in [2.24, 2.45) is 0 Å². The first-order chi connectivity index (χ1) is 14.5. The molecule has 0 radical (unpaired) electrons. The lowest BCUT2D eigenvalue weighted by Gasteiger charge is -2.12. The highest BCUT2D eigenvalue weighted by molar-refractivity contribution is 6.07. The molecular weight excluding hydrogens is 386 g/mol. The molecule has 0 aliphatic rings. The molecule has 1 amide bonds. The van der Waals surface area contributed by atoms with Crippen LogP contribution >= 0.6 is 0 Å². The average molecular weight is 405 g/mol. The number of hydrogen-bond acceptors (Lipinski definition) is 6. The fourth-order valence-corrected chi connectivity index (χ4v) is 3.39. The molecule has 0 spiro atoms. The van der Waals surface area contributed by atoms with Crippen LogP contribution in [0.2, 0.25) is 0 Å². The second-order valence-corrected chi connectivity index (χ2v) is 6.76. The second-order valence-electron chi connectivity index (χ2n) is 6.76. The maximum absolute atomic E-state index is 12.4. The first-order valence-electron chi connectivity index (χ1n) is 9.25. The molecule has 1 aromatic heterocycles. The summed E-state index contributed by atoms with van der Waals surface area (Å²) >= 11 is 0. The van der Waals surface area contributed by atoms with Gasteiger partial charge < -0.3 is 19.8 Å². The van der Waals surface area contributed by atoms with Gasteiger partial charge in [0.25, 0.3) is 5.69 Å². The van der Waals surface area contributed by atoms with Gasteiger partial charge in [0.2, 0.25) is 5.91 Å². The predicted octanol–water partition coefficient (Wildman–Crippen LogP) is 4.86. The maximum atomic E-state index is 12.4. The van der Waals surface area contributed by atoms with Crippen molar-refractivity contribution in [1.82, 2.24) is 0 Å². The number of hydrogen-bond donors (Lipinski definition) is 2. The number of nitrogens with one attached hydrogen (secondary N) is 2. The van der Waals surface area contributed by atoms with E-state index in [1.165, 1.54) is 12.1 Å². The van der Waals surface area contributed by atoms with E-state index in [-0.39, 0.29) is 18.1 Å². The number of methoxy groups -OCH3 is 1. The van der Waals surface area contributed by atoms with E-state index in [9.17, 15) is 14.9 Å². The molecule has 0 saturated carbocycles. The van der Waals surface area contributed by atoms with Crippen molar-refractivity contribution in [3.05, 3.63) is 70.3 Å². The summed E-state index contributed by atoms with van der Waals surface area (Å²) in [6.45, 7) is 1.55. The van der Waals surface area contributed by atoms with E-state index in [0.29, 0.717) is 28.3 Å². The minimum absolute atomic E-state index is 0.0437. The van der Waals surface area contributed by atoms with Crippen LogP contribution in [-0.2, 0) is 4.79 Å². The van der Waals surface area contributed by atoms with Crippen molar-refractivity contribution < 1.29 is 18.9 Å². The third kappa shape index (κ3) is 3.50. The van der Waals surface area contributed by atoms with Gasteiger partial charge in [-0.15, -0.1) is 0 Å². The van der Waals surface area contributed by atoms with Crippen molar-refractivity contribution in [3.63, 3.8) is 0 Å². The highest BCUT2D eigenvalue weighted by Gasteiger charge is 2.16. The number of fused-ring (bicyclic) bond motifs is 3. The fraction of sp³-hybridized carbons (Fsp3) is 0.136. The van der Waals surface area contributed by atoms with Gasteiger partial charge in [-0.05, 0) is 25.1 Å². The standard InChI is InChI=1S/C22H19N3O5/c1-13-16(7-5-8-18(13)25(27)28)24-22(26)12-23-17-11-20-15(10-21(17)29-2)14-6-3-4-9-19(14)30-20/h3-11,23H,12H2,1-2H3,(H,24,26). The zero-order valence-electron chi connectivity index (χ0n) is 16.4. The normalized spacial score (nSPS) is 10.9. The van der Waals surface area contributed by atoms with Crippen molar-refractivity contribution in [2.75, 3.05) is 24.3 Å². The summed E-state index contributed by atoms with van der Waals surface area (Å²) in [6.07, 6.45) is 0. The number of rotatable bonds is 6. The number of nitro benzene ring substituents is 1. The van der Waals surface area contributed by atoms with Gasteiger partial charge >= 0.3 is 0 Å². The summed E-state index contributed by atoms with van der Waals surface area (Å²) in [5.74, 6) is 0.235. The SMILES string of the molecule is COc1cc2c(cc1NCC(=O)Nc1cccc([N+](=O)[O-])c1C)oc1ccccc12. The smallest absolute Gasteiger partial charge is 0.274 e. The molecular formula is C22H19N3O5. The summed E-state index contributed by atoms with van der Waals surface area (Å²) in [5, 5.41) is 18.7. The molecule has 0 fully saturated rings. The number of carbonyl (C=O) groups is 1. The topological polar surface area (TPSA) is 107 Å². The monoisotopic (exact) mass is 405 g/mol. The molecule has 0 unspecified atom stereocenters. The molecule has 152 valence electrons. The van der Waals surface area contributed by atoms with E-state index in [2.05, 4.69) is 10.6 Å². The maximum Gasteiger partial charge on any atom is 0.274 e. The van der Waals surface area contributed by atoms with E-state index in [1.807, 2.05) is 30.3 Å². The predicted molar refractivity (Wildman–Crippen MR) is 115 cm³/mol. The number of anilines is 2. The highest BCUT2D eigenvalue weighted by atomic mass is 16.6. The van der Waals surface area contributed by atoms with Crippen LogP contribution in [0.5, 0.6) is 5.75 Å². The number of nitrogens with zero attached hydrogens (tertiary/aromatic N) is 1. The summed E-state index contributed by atoms with van der Waals surface area (Å²) in [4.78, 5) is 23.0. The van der Waals surface area contributed by atoms with Gasteiger partial charge in [-0.2, -0.15) is 0 Å². The zero-order valence-corrected chi connectivity index (χ0v) is 16.4. The largest absolute Gasteiger partial charge is 0.495 e. The minimum Gasteiger partial charge on any atom is -0.495 e. The van der Waals surface area contributed by atoms with Gasteiger partial charge in [-0.3, -0.25) is 14.9 Å². The summed E-state index contributed by atoms with van der Waals surface area (Å²) in [5.41, 5.74) is 2.81. The van der Waals surface area contributed by atoms with E-state index >= 15 is 0 Å². The van der Waals surface area contributed by atoms with E-state index < -0.39 is 4.92 Å². The van der Waals surface area contributed by atoms with Crippen molar-refractivity contribution in [3.8, 4) is 5.75 Å². The first-order valence-corrected chi connectivity index (χ1v) is 9.25. The second kappa shape index (κ2) is 7.75. The molecule has 1 heterocycles. The van der Waals surface area contributed by atoms with Crippen LogP contribution in [0.4, 0.5) is 17.1 Å². The molecule has 8 nitrogen and oxygen atoms in total. The number of nitro groups is 1. The Bertz CT molecular complexity index is 1280. The summed E-state index contributed by atoms with van der Waals surface area (Å²) in [6, 6.07) is 15.9. The van der Waals surface area contributed by atoms with Gasteiger partial charge in [-0.1, -0.05) is 24.3 Å². The molecule has 30 heavy (non-hydrogen) atoms. The van der Waals surface area contributed by atoms with Gasteiger partial charge in [0.15, 0.2) is 0 Å². The van der Waals surface area contributed by atoms with Crippen LogP contribution < -0.4 is 15.4 Å². The Labute approximate surface area is 171 Å². The van der Waals surface area contributed by atoms with Gasteiger partial charge in [0, 0.05) is 22.9 Å². The van der Waals surface area contributed by atoms with Crippen LogP contribution in [-0.4, -0.2) is 24.5 Å². The number of para-hydroxylation sites is 1. The summed E-state index contributed by atoms with van der Waals surface area (Å²) in [7, 11) is 1.56. The molecule has 0 saturated heterocycles. The number of ether oxygens (including phenoxy) is 1. The molecule has 0 aliphatic carbocycles. The first kappa shape index (κ1) is 19.3. The van der Waals surface area contributed by atoms with E-state index in [0.717, 1.165) is 16.4 Å². The lowest BCUT2D eigenvalue weighted by atomic mass is 10.1. The Balaban J connectivity index is 1.54. The number of amides is 1. The molecule has 0 aliphatic heterocycles. The third-order valence-corrected chi connectivity index (χ3v) is 4.91. The van der Waals surface area contributed by atoms with Crippen molar-refractivity contribution in [2.45, 2.75) is 6.92 Å². The quantitative estimate of drug-likeness (QED) is 0.350. The molecule has 8 heteroatoms. The van der Waals surface area contributed by atoms with Crippen LogP contribution in [0.1, 0.15) is 5.56 Å². The van der Waals surface area contributed by atoms with Crippen LogP contribution in [0.3, 0.4) is 0 Å². The van der Waals surface area contributed by atoms with Crippen LogP contribution in [0.25, 0.3) is 21.9 Å². The number of benzene rings is 3. The Morgan fingerprint density at radius 2 is 1.87 bits per heavy atom. The van der Waals surface area contributed by atoms with Crippen LogP contribution in [0.15, 0.2) is 59.0 Å². The lowest BCUT2D eigenvalue weighted by molar-refractivity contribution is -0.385. The zero-order chi connectivity index (χ0) is 21.3. The molecule has 0 bridgehead atoms. The Hall–Kier alpha value is -4.07. The fourth-order valence-electron chi connectivity index (χ4n) is 3.39. The van der Waals surface area contributed by atoms with E-state index in [4.69, 9.17) is 9.15 Å². The Morgan fingerprint density at radius 3 is 2.63 bits per heavy atom. The lowest BCUT2D eigenvalue weighted by Crippen LogP contribution is -2.22. The number of carbonyl (C=O) groups excluding carboxylic acids is 1. The van der Waals surface area contributed by atoms with Crippen molar-refractivity contribution >= 4 is 44.9 Å². The van der Waals surface area contributed by atoms with Gasteiger partial charge in [0.1, 0.15) is 16.9 Å².